The Balaban J connectivity index is 2.42. The molecule has 0 bridgehead atoms. The summed E-state index contributed by atoms with van der Waals surface area (Å²) in [5, 5.41) is 11.0. The van der Waals surface area contributed by atoms with Crippen LogP contribution in [0.4, 0.5) is 0 Å². The summed E-state index contributed by atoms with van der Waals surface area (Å²) in [4.78, 5) is 34.0. The molecule has 0 aromatic heterocycles. The number of carboxylic acid groups (broad SMARTS) is 1. The van der Waals surface area contributed by atoms with E-state index in [-0.39, 0.29) is 19.1 Å². The number of rotatable bonds is 7. The highest BCUT2D eigenvalue weighted by molar-refractivity contribution is 5.86. The minimum atomic E-state index is -1.27. The van der Waals surface area contributed by atoms with Crippen LogP contribution in [0.3, 0.4) is 0 Å². The molecule has 0 radical (unpaired) electrons. The molecule has 7 heteroatoms. The van der Waals surface area contributed by atoms with Crippen molar-refractivity contribution in [2.24, 2.45) is 23.5 Å². The number of esters is 1. The van der Waals surface area contributed by atoms with E-state index < -0.39 is 23.9 Å². The normalized spacial score (nSPS) is 25.7. The average Bonchev–Trinajstić information content (AvgIpc) is 2.44. The second kappa shape index (κ2) is 8.86. The molecule has 1 rings (SSSR count). The lowest BCUT2D eigenvalue weighted by Gasteiger charge is -2.36. The first-order valence-electron chi connectivity index (χ1n) is 8.15. The van der Waals surface area contributed by atoms with Gasteiger partial charge in [-0.05, 0) is 30.6 Å². The fourth-order valence-electron chi connectivity index (χ4n) is 2.99. The van der Waals surface area contributed by atoms with Crippen molar-refractivity contribution in [2.75, 3.05) is 6.54 Å². The maximum atomic E-state index is 11.9. The van der Waals surface area contributed by atoms with Gasteiger partial charge in [0.15, 0.2) is 0 Å². The van der Waals surface area contributed by atoms with Gasteiger partial charge in [-0.25, -0.2) is 0 Å². The number of amides is 1. The maximum Gasteiger partial charge on any atom is 0.325 e. The van der Waals surface area contributed by atoms with Gasteiger partial charge < -0.3 is 20.9 Å². The first-order valence-corrected chi connectivity index (χ1v) is 8.15. The summed E-state index contributed by atoms with van der Waals surface area (Å²) in [6.45, 7) is 6.13. The molecule has 0 aromatic rings. The van der Waals surface area contributed by atoms with Gasteiger partial charge in [0.25, 0.3) is 0 Å². The Hall–Kier alpha value is -1.63. The quantitative estimate of drug-likeness (QED) is 0.598. The van der Waals surface area contributed by atoms with E-state index in [0.29, 0.717) is 17.8 Å². The van der Waals surface area contributed by atoms with Crippen LogP contribution in [0.25, 0.3) is 0 Å². The largest absolute Gasteiger partial charge is 0.480 e. The lowest BCUT2D eigenvalue weighted by atomic mass is 9.75. The Morgan fingerprint density at radius 1 is 1.30 bits per heavy atom. The minimum absolute atomic E-state index is 0.121. The second-order valence-electron chi connectivity index (χ2n) is 6.78. The molecule has 1 aliphatic rings. The average molecular weight is 328 g/mol. The number of carbonyl (C=O) groups excluding carboxylic acids is 2. The number of nitrogens with one attached hydrogen (secondary N) is 1. The van der Waals surface area contributed by atoms with Gasteiger partial charge in [-0.2, -0.15) is 0 Å². The monoisotopic (exact) mass is 328 g/mol. The van der Waals surface area contributed by atoms with E-state index in [2.05, 4.69) is 26.1 Å². The molecule has 4 N–H and O–H groups in total. The third kappa shape index (κ3) is 6.56. The molecular formula is C16H28N2O5. The fourth-order valence-corrected chi connectivity index (χ4v) is 2.99. The van der Waals surface area contributed by atoms with Gasteiger partial charge in [0.2, 0.25) is 5.91 Å². The van der Waals surface area contributed by atoms with Gasteiger partial charge in [0.05, 0.1) is 6.42 Å². The number of aliphatic carboxylic acids is 1. The lowest BCUT2D eigenvalue weighted by Crippen LogP contribution is -2.41. The van der Waals surface area contributed by atoms with Crippen molar-refractivity contribution in [1.29, 1.82) is 0 Å². The lowest BCUT2D eigenvalue weighted by molar-refractivity contribution is -0.155. The highest BCUT2D eigenvalue weighted by atomic mass is 16.5. The van der Waals surface area contributed by atoms with Crippen LogP contribution < -0.4 is 11.1 Å². The Labute approximate surface area is 136 Å². The number of hydrogen-bond acceptors (Lipinski definition) is 5. The van der Waals surface area contributed by atoms with E-state index in [9.17, 15) is 14.4 Å². The van der Waals surface area contributed by atoms with Crippen LogP contribution in [0.1, 0.15) is 46.5 Å². The molecule has 0 aromatic carbocycles. The van der Waals surface area contributed by atoms with E-state index in [1.54, 1.807) is 0 Å². The summed E-state index contributed by atoms with van der Waals surface area (Å²) in [5.74, 6) is -1.03. The Morgan fingerprint density at radius 2 is 1.96 bits per heavy atom. The summed E-state index contributed by atoms with van der Waals surface area (Å²) < 4.78 is 5.54. The van der Waals surface area contributed by atoms with Crippen molar-refractivity contribution in [3.8, 4) is 0 Å². The van der Waals surface area contributed by atoms with E-state index >= 15 is 0 Å². The van der Waals surface area contributed by atoms with Crippen LogP contribution >= 0.6 is 0 Å². The van der Waals surface area contributed by atoms with Crippen molar-refractivity contribution in [2.45, 2.75) is 58.6 Å². The molecule has 132 valence electrons. The van der Waals surface area contributed by atoms with Crippen LogP contribution in [0.15, 0.2) is 0 Å². The summed E-state index contributed by atoms with van der Waals surface area (Å²) in [7, 11) is 0. The van der Waals surface area contributed by atoms with Crippen molar-refractivity contribution >= 4 is 17.8 Å². The van der Waals surface area contributed by atoms with Gasteiger partial charge in [-0.3, -0.25) is 14.4 Å². The third-order valence-electron chi connectivity index (χ3n) is 4.40. The molecule has 0 aliphatic heterocycles. The molecule has 1 amide bonds. The zero-order valence-electron chi connectivity index (χ0n) is 14.1. The molecule has 0 spiro atoms. The molecule has 7 nitrogen and oxygen atoms in total. The number of carboxylic acids is 1. The highest BCUT2D eigenvalue weighted by Gasteiger charge is 2.33. The van der Waals surface area contributed by atoms with Crippen LogP contribution in [0.2, 0.25) is 0 Å². The molecule has 1 fully saturated rings. The Kier molecular flexibility index (Phi) is 7.48. The summed E-state index contributed by atoms with van der Waals surface area (Å²) in [6, 6.07) is -1.27. The Morgan fingerprint density at radius 3 is 2.52 bits per heavy atom. The summed E-state index contributed by atoms with van der Waals surface area (Å²) in [6.07, 6.45) is 2.53. The predicted octanol–water partition coefficient (Wildman–Crippen LogP) is 0.909. The number of hydrogen-bond donors (Lipinski definition) is 3. The number of nitrogens with two attached hydrogens (primary N) is 1. The van der Waals surface area contributed by atoms with E-state index in [1.807, 2.05) is 0 Å². The molecule has 4 atom stereocenters. The van der Waals surface area contributed by atoms with Crippen LogP contribution in [0, 0.1) is 17.8 Å². The first kappa shape index (κ1) is 19.4. The van der Waals surface area contributed by atoms with Gasteiger partial charge in [-0.15, -0.1) is 0 Å². The summed E-state index contributed by atoms with van der Waals surface area (Å²) >= 11 is 0. The van der Waals surface area contributed by atoms with Gasteiger partial charge >= 0.3 is 11.9 Å². The molecular weight excluding hydrogens is 300 g/mol. The third-order valence-corrected chi connectivity index (χ3v) is 4.40. The number of ether oxygens (including phenoxy) is 1. The molecule has 0 heterocycles. The zero-order chi connectivity index (χ0) is 17.6. The minimum Gasteiger partial charge on any atom is -0.480 e. The molecule has 23 heavy (non-hydrogen) atoms. The van der Waals surface area contributed by atoms with Gasteiger partial charge in [-0.1, -0.05) is 27.2 Å². The molecule has 3 unspecified atom stereocenters. The van der Waals surface area contributed by atoms with E-state index in [4.69, 9.17) is 15.6 Å². The first-order chi connectivity index (χ1) is 10.7. The van der Waals surface area contributed by atoms with Crippen molar-refractivity contribution in [3.63, 3.8) is 0 Å². The van der Waals surface area contributed by atoms with Crippen molar-refractivity contribution in [3.05, 3.63) is 0 Å². The highest BCUT2D eigenvalue weighted by Crippen LogP contribution is 2.35. The summed E-state index contributed by atoms with van der Waals surface area (Å²) in [5.41, 5.74) is 5.26. The predicted molar refractivity (Wildman–Crippen MR) is 84.5 cm³/mol. The van der Waals surface area contributed by atoms with Crippen LogP contribution in [-0.2, 0) is 19.1 Å². The van der Waals surface area contributed by atoms with Gasteiger partial charge in [0.1, 0.15) is 18.7 Å². The molecule has 1 saturated carbocycles. The fraction of sp³-hybridized carbons (Fsp3) is 0.812. The standard InChI is InChI=1S/C16H28N2O5/c1-9(2)11-5-4-10(3)6-13(11)23-15(20)8-18-14(19)7-12(17)16(21)22/h9-13H,4-8,17H2,1-3H3,(H,18,19)(H,21,22)/t10?,11?,12-,13?/m0/s1. The topological polar surface area (TPSA) is 119 Å². The van der Waals surface area contributed by atoms with E-state index in [0.717, 1.165) is 19.3 Å². The SMILES string of the molecule is CC1CCC(C(C)C)C(OC(=O)CNC(=O)C[C@H](N)C(=O)O)C1. The smallest absolute Gasteiger partial charge is 0.325 e. The Bertz CT molecular complexity index is 438. The number of carbonyl (C=O) groups is 3. The zero-order valence-corrected chi connectivity index (χ0v) is 14.1. The van der Waals surface area contributed by atoms with Crippen molar-refractivity contribution < 1.29 is 24.2 Å². The van der Waals surface area contributed by atoms with Crippen molar-refractivity contribution in [1.82, 2.24) is 5.32 Å². The molecule has 1 aliphatic carbocycles. The van der Waals surface area contributed by atoms with Crippen LogP contribution in [-0.4, -0.2) is 41.6 Å². The molecule has 0 saturated heterocycles. The van der Waals surface area contributed by atoms with E-state index in [1.165, 1.54) is 0 Å². The maximum absolute atomic E-state index is 11.9. The second-order valence-corrected chi connectivity index (χ2v) is 6.78. The van der Waals surface area contributed by atoms with Crippen LogP contribution in [0.5, 0.6) is 0 Å². The van der Waals surface area contributed by atoms with Gasteiger partial charge in [0, 0.05) is 0 Å².